The van der Waals surface area contributed by atoms with Gasteiger partial charge in [0.2, 0.25) is 0 Å². The topological polar surface area (TPSA) is 16.4 Å². The van der Waals surface area contributed by atoms with Crippen molar-refractivity contribution in [3.05, 3.63) is 200 Å². The van der Waals surface area contributed by atoms with Crippen molar-refractivity contribution in [3.63, 3.8) is 0 Å². The second-order valence-corrected chi connectivity index (χ2v) is 13.3. The summed E-state index contributed by atoms with van der Waals surface area (Å²) in [6, 6.07) is 71.7. The Labute approximate surface area is 302 Å². The SMILES string of the molecule is c1ccc(-c2cccc3cccc(-c4cccc(N(c5ccc(-c6cccc7ccccc67)cc5)c5cccc6oc7ccccc7c56)c4)c23)cc1. The fraction of sp³-hybridized carbons (Fsp3) is 0. The van der Waals surface area contributed by atoms with Crippen LogP contribution in [0, 0.1) is 0 Å². The average molecular weight is 664 g/mol. The summed E-state index contributed by atoms with van der Waals surface area (Å²) in [4.78, 5) is 2.38. The van der Waals surface area contributed by atoms with Crippen LogP contribution in [0.2, 0.25) is 0 Å². The normalized spacial score (nSPS) is 11.5. The monoisotopic (exact) mass is 663 g/mol. The zero-order valence-corrected chi connectivity index (χ0v) is 28.4. The maximum absolute atomic E-state index is 6.40. The highest BCUT2D eigenvalue weighted by Gasteiger charge is 2.20. The molecule has 0 unspecified atom stereocenters. The van der Waals surface area contributed by atoms with Gasteiger partial charge in [-0.3, -0.25) is 0 Å². The lowest BCUT2D eigenvalue weighted by molar-refractivity contribution is 0.669. The van der Waals surface area contributed by atoms with E-state index in [1.807, 2.05) is 12.1 Å². The largest absolute Gasteiger partial charge is 0.456 e. The number of nitrogens with zero attached hydrogens (tertiary/aromatic N) is 1. The molecule has 0 spiro atoms. The van der Waals surface area contributed by atoms with E-state index in [1.165, 1.54) is 49.4 Å². The maximum atomic E-state index is 6.40. The Morgan fingerprint density at radius 1 is 0.327 bits per heavy atom. The Hall–Kier alpha value is -6.90. The zero-order chi connectivity index (χ0) is 34.4. The summed E-state index contributed by atoms with van der Waals surface area (Å²) in [6.07, 6.45) is 0. The Bertz CT molecular complexity index is 2890. The van der Waals surface area contributed by atoms with Crippen LogP contribution in [0.25, 0.3) is 76.9 Å². The fourth-order valence-electron chi connectivity index (χ4n) is 7.89. The fourth-order valence-corrected chi connectivity index (χ4v) is 7.89. The van der Waals surface area contributed by atoms with Gasteiger partial charge in [0.05, 0.1) is 11.1 Å². The maximum Gasteiger partial charge on any atom is 0.137 e. The van der Waals surface area contributed by atoms with Crippen molar-refractivity contribution in [2.75, 3.05) is 4.90 Å². The standard InChI is InChI=1S/C50H33NO/c1-2-13-35(14-3-1)43-24-10-17-37-18-11-25-44(49(37)43)38-19-8-20-40(33-38)51(46-26-12-28-48-50(46)45-22-6-7-27-47(45)52-48)39-31-29-36(30-32-39)42-23-9-16-34-15-4-5-21-41(34)42/h1-33H. The average Bonchev–Trinajstić information content (AvgIpc) is 3.61. The smallest absolute Gasteiger partial charge is 0.137 e. The molecule has 0 aliphatic rings. The van der Waals surface area contributed by atoms with E-state index in [2.05, 4.69) is 193 Å². The Kier molecular flexibility index (Phi) is 7.18. The van der Waals surface area contributed by atoms with Crippen LogP contribution in [0.3, 0.4) is 0 Å². The van der Waals surface area contributed by atoms with Crippen LogP contribution >= 0.6 is 0 Å². The van der Waals surface area contributed by atoms with Crippen LogP contribution in [0.4, 0.5) is 17.1 Å². The van der Waals surface area contributed by atoms with Crippen LogP contribution in [-0.4, -0.2) is 0 Å². The Morgan fingerprint density at radius 3 is 1.73 bits per heavy atom. The summed E-state index contributed by atoms with van der Waals surface area (Å²) < 4.78 is 6.40. The molecule has 1 aromatic heterocycles. The first kappa shape index (κ1) is 30.0. The summed E-state index contributed by atoms with van der Waals surface area (Å²) in [5, 5.41) is 7.16. The summed E-state index contributed by atoms with van der Waals surface area (Å²) in [5.41, 5.74) is 12.2. The van der Waals surface area contributed by atoms with Crippen molar-refractivity contribution in [1.29, 1.82) is 0 Å². The van der Waals surface area contributed by atoms with Crippen LogP contribution in [-0.2, 0) is 0 Å². The number of fused-ring (bicyclic) bond motifs is 5. The van der Waals surface area contributed by atoms with Gasteiger partial charge in [0.1, 0.15) is 11.2 Å². The zero-order valence-electron chi connectivity index (χ0n) is 28.4. The highest BCUT2D eigenvalue weighted by molar-refractivity contribution is 6.14. The van der Waals surface area contributed by atoms with Crippen LogP contribution in [0.1, 0.15) is 0 Å². The van der Waals surface area contributed by atoms with E-state index in [1.54, 1.807) is 0 Å². The first-order chi connectivity index (χ1) is 25.8. The predicted molar refractivity (Wildman–Crippen MR) is 220 cm³/mol. The van der Waals surface area contributed by atoms with Gasteiger partial charge in [0, 0.05) is 16.8 Å². The molecular weight excluding hydrogens is 631 g/mol. The molecule has 0 fully saturated rings. The third-order valence-corrected chi connectivity index (χ3v) is 10.3. The molecule has 52 heavy (non-hydrogen) atoms. The number of furan rings is 1. The third kappa shape index (κ3) is 5.04. The Morgan fingerprint density at radius 2 is 0.904 bits per heavy atom. The number of para-hydroxylation sites is 1. The van der Waals surface area contributed by atoms with Crippen molar-refractivity contribution in [2.45, 2.75) is 0 Å². The molecule has 10 rings (SSSR count). The van der Waals surface area contributed by atoms with E-state index in [4.69, 9.17) is 4.42 Å². The minimum absolute atomic E-state index is 0.869. The molecule has 0 radical (unpaired) electrons. The van der Waals surface area contributed by atoms with Gasteiger partial charge < -0.3 is 9.32 Å². The molecule has 2 heteroatoms. The molecule has 0 saturated carbocycles. The summed E-state index contributed by atoms with van der Waals surface area (Å²) in [7, 11) is 0. The van der Waals surface area contributed by atoms with Crippen LogP contribution in [0.5, 0.6) is 0 Å². The molecule has 0 aliphatic heterocycles. The molecule has 0 saturated heterocycles. The Balaban J connectivity index is 1.18. The van der Waals surface area contributed by atoms with E-state index >= 15 is 0 Å². The molecule has 244 valence electrons. The lowest BCUT2D eigenvalue weighted by atomic mass is 9.91. The highest BCUT2D eigenvalue weighted by Crippen LogP contribution is 2.45. The van der Waals surface area contributed by atoms with Gasteiger partial charge in [-0.15, -0.1) is 0 Å². The lowest BCUT2D eigenvalue weighted by Crippen LogP contribution is -2.10. The van der Waals surface area contributed by atoms with Gasteiger partial charge in [0.15, 0.2) is 0 Å². The summed E-state index contributed by atoms with van der Waals surface area (Å²) in [6.45, 7) is 0. The van der Waals surface area contributed by atoms with Crippen molar-refractivity contribution in [1.82, 2.24) is 0 Å². The van der Waals surface area contributed by atoms with Crippen molar-refractivity contribution < 1.29 is 4.42 Å². The predicted octanol–water partition coefficient (Wildman–Crippen LogP) is 14.4. The molecule has 10 aromatic rings. The molecule has 0 N–H and O–H groups in total. The quantitative estimate of drug-likeness (QED) is 0.176. The van der Waals surface area contributed by atoms with Crippen molar-refractivity contribution >= 4 is 60.5 Å². The minimum atomic E-state index is 0.869. The minimum Gasteiger partial charge on any atom is -0.456 e. The number of hydrogen-bond acceptors (Lipinski definition) is 2. The lowest BCUT2D eigenvalue weighted by Gasteiger charge is -2.27. The second-order valence-electron chi connectivity index (χ2n) is 13.3. The van der Waals surface area contributed by atoms with E-state index in [0.717, 1.165) is 44.6 Å². The number of anilines is 3. The summed E-state index contributed by atoms with van der Waals surface area (Å²) in [5.74, 6) is 0. The van der Waals surface area contributed by atoms with Crippen LogP contribution in [0.15, 0.2) is 205 Å². The first-order valence-electron chi connectivity index (χ1n) is 17.8. The van der Waals surface area contributed by atoms with Gasteiger partial charge in [-0.05, 0) is 97.4 Å². The molecule has 9 aromatic carbocycles. The third-order valence-electron chi connectivity index (χ3n) is 10.3. The van der Waals surface area contributed by atoms with Crippen molar-refractivity contribution in [3.8, 4) is 33.4 Å². The van der Waals surface area contributed by atoms with Crippen molar-refractivity contribution in [2.24, 2.45) is 0 Å². The van der Waals surface area contributed by atoms with E-state index in [-0.39, 0.29) is 0 Å². The van der Waals surface area contributed by atoms with E-state index in [0.29, 0.717) is 0 Å². The highest BCUT2D eigenvalue weighted by atomic mass is 16.3. The molecular formula is C50H33NO. The molecule has 0 atom stereocenters. The number of hydrogen-bond donors (Lipinski definition) is 0. The van der Waals surface area contributed by atoms with E-state index < -0.39 is 0 Å². The van der Waals surface area contributed by atoms with E-state index in [9.17, 15) is 0 Å². The van der Waals surface area contributed by atoms with Gasteiger partial charge in [0.25, 0.3) is 0 Å². The van der Waals surface area contributed by atoms with Gasteiger partial charge in [-0.25, -0.2) is 0 Å². The molecule has 1 heterocycles. The number of benzene rings is 9. The number of rotatable bonds is 6. The van der Waals surface area contributed by atoms with Crippen LogP contribution < -0.4 is 4.90 Å². The molecule has 2 nitrogen and oxygen atoms in total. The van der Waals surface area contributed by atoms with Gasteiger partial charge in [-0.2, -0.15) is 0 Å². The molecule has 0 bridgehead atoms. The first-order valence-corrected chi connectivity index (χ1v) is 17.8. The van der Waals surface area contributed by atoms with Gasteiger partial charge >= 0.3 is 0 Å². The van der Waals surface area contributed by atoms with Gasteiger partial charge in [-0.1, -0.05) is 158 Å². The molecule has 0 aliphatic carbocycles. The summed E-state index contributed by atoms with van der Waals surface area (Å²) >= 11 is 0. The molecule has 0 amide bonds. The second kappa shape index (κ2) is 12.5.